The van der Waals surface area contributed by atoms with Gasteiger partial charge in [-0.15, -0.1) is 0 Å². The largest absolute Gasteiger partial charge is 0.383 e. The van der Waals surface area contributed by atoms with E-state index in [0.717, 1.165) is 30.6 Å². The number of methoxy groups -OCH3 is 1. The van der Waals surface area contributed by atoms with E-state index in [1.54, 1.807) is 7.11 Å². The molecule has 0 unspecified atom stereocenters. The van der Waals surface area contributed by atoms with Crippen molar-refractivity contribution in [3.8, 4) is 6.07 Å². The van der Waals surface area contributed by atoms with Gasteiger partial charge in [-0.25, -0.2) is 0 Å². The topological polar surface area (TPSA) is 33.0 Å². The molecule has 2 aliphatic carbocycles. The van der Waals surface area contributed by atoms with E-state index < -0.39 is 0 Å². The highest BCUT2D eigenvalue weighted by Gasteiger charge is 2.38. The highest BCUT2D eigenvalue weighted by atomic mass is 16.5. The van der Waals surface area contributed by atoms with E-state index in [4.69, 9.17) is 4.74 Å². The first-order chi connectivity index (χ1) is 10.7. The Morgan fingerprint density at radius 3 is 2.18 bits per heavy atom. The van der Waals surface area contributed by atoms with Crippen molar-refractivity contribution in [1.82, 2.24) is 0 Å². The monoisotopic (exact) mass is 305 g/mol. The minimum Gasteiger partial charge on any atom is -0.383 e. The standard InChI is InChI=1S/C20H35NO/c1-3-4-5-6-17-7-9-18(10-8-17)19-11-13-20(15-21,14-12-19)16-22-2/h17-19H,3-14,16H2,1-2H3/t17?,18?,19-,20-. The third-order valence-corrected chi connectivity index (χ3v) is 6.42. The minimum atomic E-state index is -0.178. The van der Waals surface area contributed by atoms with Crippen LogP contribution in [0.4, 0.5) is 0 Å². The molecular formula is C20H35NO. The van der Waals surface area contributed by atoms with Gasteiger partial charge >= 0.3 is 0 Å². The van der Waals surface area contributed by atoms with Gasteiger partial charge in [0.05, 0.1) is 18.1 Å². The summed E-state index contributed by atoms with van der Waals surface area (Å²) in [5.41, 5.74) is -0.178. The molecule has 0 bridgehead atoms. The van der Waals surface area contributed by atoms with E-state index in [9.17, 15) is 5.26 Å². The van der Waals surface area contributed by atoms with Crippen LogP contribution in [-0.4, -0.2) is 13.7 Å². The molecule has 2 aliphatic rings. The van der Waals surface area contributed by atoms with Gasteiger partial charge in [-0.1, -0.05) is 45.4 Å². The van der Waals surface area contributed by atoms with Crippen LogP contribution in [0.5, 0.6) is 0 Å². The SMILES string of the molecule is CCCCCC1CCC([C@H]2CC[C@](C#N)(COC)CC2)CC1. The molecule has 0 spiro atoms. The summed E-state index contributed by atoms with van der Waals surface area (Å²) in [5, 5.41) is 9.48. The first kappa shape index (κ1) is 17.8. The molecule has 0 N–H and O–H groups in total. The molecule has 2 heteroatoms. The van der Waals surface area contributed by atoms with Gasteiger partial charge in [0, 0.05) is 7.11 Å². The number of rotatable bonds is 7. The number of nitrogens with zero attached hydrogens (tertiary/aromatic N) is 1. The molecule has 2 fully saturated rings. The number of ether oxygens (including phenoxy) is 1. The van der Waals surface area contributed by atoms with Crippen LogP contribution in [0.1, 0.15) is 84.0 Å². The second-order valence-corrected chi connectivity index (χ2v) is 7.94. The number of hydrogen-bond donors (Lipinski definition) is 0. The summed E-state index contributed by atoms with van der Waals surface area (Å²) < 4.78 is 5.29. The Balaban J connectivity index is 1.71. The van der Waals surface area contributed by atoms with Crippen molar-refractivity contribution in [2.75, 3.05) is 13.7 Å². The van der Waals surface area contributed by atoms with Gasteiger partial charge in [-0.2, -0.15) is 5.26 Å². The molecule has 2 rings (SSSR count). The molecule has 22 heavy (non-hydrogen) atoms. The predicted octanol–water partition coefficient (Wildman–Crippen LogP) is 5.72. The van der Waals surface area contributed by atoms with Crippen molar-refractivity contribution in [2.45, 2.75) is 84.0 Å². The van der Waals surface area contributed by atoms with Gasteiger partial charge in [0.1, 0.15) is 0 Å². The lowest BCUT2D eigenvalue weighted by atomic mass is 9.65. The van der Waals surface area contributed by atoms with Crippen LogP contribution in [0, 0.1) is 34.5 Å². The van der Waals surface area contributed by atoms with Gasteiger partial charge in [0.2, 0.25) is 0 Å². The Morgan fingerprint density at radius 2 is 1.64 bits per heavy atom. The first-order valence-electron chi connectivity index (χ1n) is 9.63. The van der Waals surface area contributed by atoms with Crippen LogP contribution in [0.25, 0.3) is 0 Å². The van der Waals surface area contributed by atoms with E-state index in [-0.39, 0.29) is 5.41 Å². The molecule has 0 aromatic rings. The Labute approximate surface area is 137 Å². The zero-order chi connectivity index (χ0) is 15.8. The highest BCUT2D eigenvalue weighted by Crippen LogP contribution is 2.46. The van der Waals surface area contributed by atoms with Crippen molar-refractivity contribution in [3.63, 3.8) is 0 Å². The van der Waals surface area contributed by atoms with Crippen LogP contribution < -0.4 is 0 Å². The van der Waals surface area contributed by atoms with Crippen LogP contribution in [0.2, 0.25) is 0 Å². The summed E-state index contributed by atoms with van der Waals surface area (Å²) in [6, 6.07) is 2.55. The summed E-state index contributed by atoms with van der Waals surface area (Å²) in [5.74, 6) is 2.84. The molecule has 0 atom stereocenters. The maximum Gasteiger partial charge on any atom is 0.0807 e. The van der Waals surface area contributed by atoms with Gasteiger partial charge in [0.25, 0.3) is 0 Å². The molecule has 0 amide bonds. The molecule has 0 aromatic carbocycles. The normalized spacial score (nSPS) is 36.0. The average Bonchev–Trinajstić information content (AvgIpc) is 2.57. The molecule has 0 radical (unpaired) electrons. The Bertz CT molecular complexity index is 343. The van der Waals surface area contributed by atoms with Gasteiger partial charge in [0.15, 0.2) is 0 Å². The van der Waals surface area contributed by atoms with Gasteiger partial charge in [-0.05, 0) is 56.3 Å². The van der Waals surface area contributed by atoms with Crippen LogP contribution in [-0.2, 0) is 4.74 Å². The Hall–Kier alpha value is -0.550. The second kappa shape index (κ2) is 8.92. The van der Waals surface area contributed by atoms with E-state index in [0.29, 0.717) is 6.61 Å². The van der Waals surface area contributed by atoms with Crippen molar-refractivity contribution in [3.05, 3.63) is 0 Å². The number of hydrogen-bond acceptors (Lipinski definition) is 2. The summed E-state index contributed by atoms with van der Waals surface area (Å²) in [4.78, 5) is 0. The third kappa shape index (κ3) is 4.72. The van der Waals surface area contributed by atoms with E-state index >= 15 is 0 Å². The van der Waals surface area contributed by atoms with Crippen molar-refractivity contribution in [2.24, 2.45) is 23.2 Å². The zero-order valence-electron chi connectivity index (χ0n) is 14.8. The highest BCUT2D eigenvalue weighted by molar-refractivity contribution is 5.02. The second-order valence-electron chi connectivity index (χ2n) is 7.94. The lowest BCUT2D eigenvalue weighted by molar-refractivity contribution is 0.0555. The first-order valence-corrected chi connectivity index (χ1v) is 9.63. The lowest BCUT2D eigenvalue weighted by Crippen LogP contribution is -2.33. The number of unbranched alkanes of at least 4 members (excludes halogenated alkanes) is 2. The van der Waals surface area contributed by atoms with Crippen molar-refractivity contribution in [1.29, 1.82) is 5.26 Å². The maximum absolute atomic E-state index is 9.48. The Morgan fingerprint density at radius 1 is 1.00 bits per heavy atom. The molecule has 2 saturated carbocycles. The molecule has 0 aromatic heterocycles. The third-order valence-electron chi connectivity index (χ3n) is 6.42. The van der Waals surface area contributed by atoms with E-state index in [1.165, 1.54) is 64.2 Å². The molecule has 0 aliphatic heterocycles. The zero-order valence-corrected chi connectivity index (χ0v) is 14.8. The minimum absolute atomic E-state index is 0.178. The van der Waals surface area contributed by atoms with Gasteiger partial charge in [-0.3, -0.25) is 0 Å². The molecular weight excluding hydrogens is 270 g/mol. The lowest BCUT2D eigenvalue weighted by Gasteiger charge is -2.40. The van der Waals surface area contributed by atoms with Crippen LogP contribution in [0.15, 0.2) is 0 Å². The summed E-state index contributed by atoms with van der Waals surface area (Å²) in [6.07, 6.45) is 16.1. The maximum atomic E-state index is 9.48. The van der Waals surface area contributed by atoms with E-state index in [2.05, 4.69) is 13.0 Å². The fourth-order valence-electron chi connectivity index (χ4n) is 4.86. The quantitative estimate of drug-likeness (QED) is 0.563. The molecule has 2 nitrogen and oxygen atoms in total. The van der Waals surface area contributed by atoms with Crippen LogP contribution in [0.3, 0.4) is 0 Å². The summed E-state index contributed by atoms with van der Waals surface area (Å²) in [6.45, 7) is 2.92. The molecule has 0 heterocycles. The van der Waals surface area contributed by atoms with Crippen LogP contribution >= 0.6 is 0 Å². The smallest absolute Gasteiger partial charge is 0.0807 e. The van der Waals surface area contributed by atoms with Crippen molar-refractivity contribution >= 4 is 0 Å². The fraction of sp³-hybridized carbons (Fsp3) is 0.950. The number of nitriles is 1. The Kier molecular flexibility index (Phi) is 7.22. The van der Waals surface area contributed by atoms with Gasteiger partial charge < -0.3 is 4.74 Å². The van der Waals surface area contributed by atoms with E-state index in [1.807, 2.05) is 0 Å². The molecule has 126 valence electrons. The fourth-order valence-corrected chi connectivity index (χ4v) is 4.86. The van der Waals surface area contributed by atoms with Crippen molar-refractivity contribution < 1.29 is 4.74 Å². The molecule has 0 saturated heterocycles. The predicted molar refractivity (Wildman–Crippen MR) is 91.5 cm³/mol. The average molecular weight is 306 g/mol. The summed E-state index contributed by atoms with van der Waals surface area (Å²) in [7, 11) is 1.73. The summed E-state index contributed by atoms with van der Waals surface area (Å²) >= 11 is 0.